The topological polar surface area (TPSA) is 37.8 Å². The van der Waals surface area contributed by atoms with Crippen molar-refractivity contribution in [2.75, 3.05) is 5.32 Å². The van der Waals surface area contributed by atoms with Gasteiger partial charge >= 0.3 is 0 Å². The first-order valence-corrected chi connectivity index (χ1v) is 6.28. The Hall–Kier alpha value is -1.12. The summed E-state index contributed by atoms with van der Waals surface area (Å²) in [6, 6.07) is 2.64. The molecule has 0 amide bonds. The molecule has 1 aromatic heterocycles. The molecule has 16 heavy (non-hydrogen) atoms. The van der Waals surface area contributed by atoms with Crippen molar-refractivity contribution in [2.24, 2.45) is 11.8 Å². The minimum absolute atomic E-state index is 0.578. The number of anilines is 1. The second-order valence-electron chi connectivity index (χ2n) is 4.91. The van der Waals surface area contributed by atoms with E-state index in [1.54, 1.807) is 6.33 Å². The third-order valence-corrected chi connectivity index (χ3v) is 3.88. The zero-order valence-electron chi connectivity index (χ0n) is 10.4. The molecule has 3 unspecified atom stereocenters. The lowest BCUT2D eigenvalue weighted by Crippen LogP contribution is -2.24. The van der Waals surface area contributed by atoms with E-state index in [0.29, 0.717) is 6.04 Å². The highest BCUT2D eigenvalue weighted by atomic mass is 15.0. The van der Waals surface area contributed by atoms with Gasteiger partial charge in [0.05, 0.1) is 0 Å². The van der Waals surface area contributed by atoms with Gasteiger partial charge in [0.2, 0.25) is 0 Å². The van der Waals surface area contributed by atoms with Gasteiger partial charge in [-0.05, 0) is 31.1 Å². The Balaban J connectivity index is 2.03. The van der Waals surface area contributed by atoms with Crippen molar-refractivity contribution >= 4 is 5.82 Å². The Morgan fingerprint density at radius 2 is 2.12 bits per heavy atom. The van der Waals surface area contributed by atoms with Crippen molar-refractivity contribution in [3.05, 3.63) is 18.1 Å². The van der Waals surface area contributed by atoms with Crippen LogP contribution < -0.4 is 5.32 Å². The molecule has 3 atom stereocenters. The predicted molar refractivity (Wildman–Crippen MR) is 66.4 cm³/mol. The maximum Gasteiger partial charge on any atom is 0.129 e. The molecule has 1 N–H and O–H groups in total. The van der Waals surface area contributed by atoms with Gasteiger partial charge in [-0.3, -0.25) is 0 Å². The van der Waals surface area contributed by atoms with E-state index in [9.17, 15) is 0 Å². The normalized spacial score (nSPS) is 29.3. The number of aryl methyl sites for hydroxylation is 1. The minimum Gasteiger partial charge on any atom is -0.367 e. The zero-order valence-corrected chi connectivity index (χ0v) is 10.4. The lowest BCUT2D eigenvalue weighted by atomic mass is 9.98. The molecule has 1 aliphatic rings. The summed E-state index contributed by atoms with van der Waals surface area (Å²) < 4.78 is 0. The molecule has 0 radical (unpaired) electrons. The number of hydrogen-bond donors (Lipinski definition) is 1. The van der Waals surface area contributed by atoms with Gasteiger partial charge in [0.15, 0.2) is 0 Å². The summed E-state index contributed by atoms with van der Waals surface area (Å²) >= 11 is 0. The molecular formula is C13H21N3. The van der Waals surface area contributed by atoms with E-state index in [-0.39, 0.29) is 0 Å². The molecule has 1 aliphatic carbocycles. The average Bonchev–Trinajstić information content (AvgIpc) is 2.61. The molecule has 88 valence electrons. The van der Waals surface area contributed by atoms with Gasteiger partial charge < -0.3 is 5.32 Å². The quantitative estimate of drug-likeness (QED) is 0.849. The van der Waals surface area contributed by atoms with Crippen LogP contribution in [0.2, 0.25) is 0 Å². The second kappa shape index (κ2) is 4.81. The maximum absolute atomic E-state index is 4.29. The molecular weight excluding hydrogens is 198 g/mol. The van der Waals surface area contributed by atoms with Gasteiger partial charge in [0.25, 0.3) is 0 Å². The smallest absolute Gasteiger partial charge is 0.129 e. The van der Waals surface area contributed by atoms with E-state index in [0.717, 1.165) is 29.8 Å². The van der Waals surface area contributed by atoms with Crippen molar-refractivity contribution in [2.45, 2.75) is 46.1 Å². The fraction of sp³-hybridized carbons (Fsp3) is 0.692. The van der Waals surface area contributed by atoms with E-state index in [1.165, 1.54) is 12.8 Å². The Kier molecular flexibility index (Phi) is 3.42. The van der Waals surface area contributed by atoms with Crippen LogP contribution >= 0.6 is 0 Å². The van der Waals surface area contributed by atoms with Crippen LogP contribution in [0, 0.1) is 11.8 Å². The van der Waals surface area contributed by atoms with E-state index in [4.69, 9.17) is 0 Å². The molecule has 0 spiro atoms. The van der Waals surface area contributed by atoms with E-state index in [1.807, 2.05) is 0 Å². The van der Waals surface area contributed by atoms with Gasteiger partial charge in [0.1, 0.15) is 12.1 Å². The number of nitrogens with zero attached hydrogens (tertiary/aromatic N) is 2. The lowest BCUT2D eigenvalue weighted by Gasteiger charge is -2.20. The van der Waals surface area contributed by atoms with Gasteiger partial charge in [-0.15, -0.1) is 0 Å². The third kappa shape index (κ3) is 2.34. The second-order valence-corrected chi connectivity index (χ2v) is 4.91. The molecule has 2 rings (SSSR count). The molecule has 3 nitrogen and oxygen atoms in total. The third-order valence-electron chi connectivity index (χ3n) is 3.88. The Labute approximate surface area is 97.7 Å². The van der Waals surface area contributed by atoms with Gasteiger partial charge in [-0.1, -0.05) is 20.8 Å². The van der Waals surface area contributed by atoms with E-state index >= 15 is 0 Å². The van der Waals surface area contributed by atoms with Crippen LogP contribution in [0.3, 0.4) is 0 Å². The summed E-state index contributed by atoms with van der Waals surface area (Å²) in [5.74, 6) is 2.54. The van der Waals surface area contributed by atoms with Crippen LogP contribution in [0.1, 0.15) is 39.3 Å². The van der Waals surface area contributed by atoms with Crippen molar-refractivity contribution < 1.29 is 0 Å². The Bertz CT molecular complexity index is 351. The summed E-state index contributed by atoms with van der Waals surface area (Å²) in [5.41, 5.74) is 1.11. The summed E-state index contributed by atoms with van der Waals surface area (Å²) in [6.07, 6.45) is 5.20. The summed E-state index contributed by atoms with van der Waals surface area (Å²) in [4.78, 5) is 8.50. The SMILES string of the molecule is CCc1cc(NC2CCC(C)C2C)ncn1. The zero-order chi connectivity index (χ0) is 11.5. The Morgan fingerprint density at radius 1 is 1.31 bits per heavy atom. The van der Waals surface area contributed by atoms with Crippen LogP contribution in [-0.4, -0.2) is 16.0 Å². The first kappa shape index (κ1) is 11.4. The molecule has 0 aliphatic heterocycles. The summed E-state index contributed by atoms with van der Waals surface area (Å²) in [6.45, 7) is 6.79. The first-order valence-electron chi connectivity index (χ1n) is 6.28. The monoisotopic (exact) mass is 219 g/mol. The molecule has 1 heterocycles. The molecule has 3 heteroatoms. The lowest BCUT2D eigenvalue weighted by molar-refractivity contribution is 0.435. The summed E-state index contributed by atoms with van der Waals surface area (Å²) in [5, 5.41) is 3.54. The first-order chi connectivity index (χ1) is 7.70. The Morgan fingerprint density at radius 3 is 2.75 bits per heavy atom. The van der Waals surface area contributed by atoms with Crippen LogP contribution in [-0.2, 0) is 6.42 Å². The van der Waals surface area contributed by atoms with Gasteiger partial charge in [-0.25, -0.2) is 9.97 Å². The van der Waals surface area contributed by atoms with Crippen LogP contribution in [0.5, 0.6) is 0 Å². The number of rotatable bonds is 3. The molecule has 1 fully saturated rings. The maximum atomic E-state index is 4.29. The van der Waals surface area contributed by atoms with Crippen molar-refractivity contribution in [3.63, 3.8) is 0 Å². The fourth-order valence-electron chi connectivity index (χ4n) is 2.43. The molecule has 0 bridgehead atoms. The number of aromatic nitrogens is 2. The van der Waals surface area contributed by atoms with Gasteiger partial charge in [0, 0.05) is 17.8 Å². The largest absolute Gasteiger partial charge is 0.367 e. The highest BCUT2D eigenvalue weighted by Crippen LogP contribution is 2.32. The number of nitrogens with one attached hydrogen (secondary N) is 1. The highest BCUT2D eigenvalue weighted by Gasteiger charge is 2.29. The average molecular weight is 219 g/mol. The molecule has 0 aromatic carbocycles. The van der Waals surface area contributed by atoms with E-state index < -0.39 is 0 Å². The van der Waals surface area contributed by atoms with Gasteiger partial charge in [-0.2, -0.15) is 0 Å². The van der Waals surface area contributed by atoms with Crippen molar-refractivity contribution in [3.8, 4) is 0 Å². The minimum atomic E-state index is 0.578. The fourth-order valence-corrected chi connectivity index (χ4v) is 2.43. The highest BCUT2D eigenvalue weighted by molar-refractivity contribution is 5.36. The van der Waals surface area contributed by atoms with Crippen LogP contribution in [0.25, 0.3) is 0 Å². The molecule has 1 aromatic rings. The van der Waals surface area contributed by atoms with Crippen LogP contribution in [0.15, 0.2) is 12.4 Å². The number of hydrogen-bond acceptors (Lipinski definition) is 3. The molecule has 0 saturated heterocycles. The van der Waals surface area contributed by atoms with Crippen molar-refractivity contribution in [1.29, 1.82) is 0 Å². The molecule has 1 saturated carbocycles. The van der Waals surface area contributed by atoms with Crippen LogP contribution in [0.4, 0.5) is 5.82 Å². The van der Waals surface area contributed by atoms with Crippen molar-refractivity contribution in [1.82, 2.24) is 9.97 Å². The predicted octanol–water partition coefficient (Wildman–Crippen LogP) is 2.89. The standard InChI is InChI=1S/C13H21N3/c1-4-11-7-13(15-8-14-11)16-12-6-5-9(2)10(12)3/h7-10,12H,4-6H2,1-3H3,(H,14,15,16). The van der Waals surface area contributed by atoms with E-state index in [2.05, 4.69) is 42.1 Å². The summed E-state index contributed by atoms with van der Waals surface area (Å²) in [7, 11) is 0.